The molecule has 6 saturated carbocycles. The number of hydrogen-bond acceptors (Lipinski definition) is 7. The smallest absolute Gasteiger partial charge is 0.309 e. The van der Waals surface area contributed by atoms with Gasteiger partial charge in [0.25, 0.3) is 0 Å². The second kappa shape index (κ2) is 16.8. The molecule has 8 heteroatoms. The van der Waals surface area contributed by atoms with E-state index in [1.165, 1.54) is 70.6 Å². The largest absolute Gasteiger partial charge is 0.462 e. The highest BCUT2D eigenvalue weighted by molar-refractivity contribution is 7.85. The molecule has 2 N–H and O–H groups in total. The van der Waals surface area contributed by atoms with E-state index in [9.17, 15) is 13.8 Å². The Kier molecular flexibility index (Phi) is 13.8. The van der Waals surface area contributed by atoms with E-state index in [-0.39, 0.29) is 45.7 Å². The molecule has 312 valence electrons. The number of aliphatic hydroxyl groups is 1. The molecule has 7 aliphatic rings. The summed E-state index contributed by atoms with van der Waals surface area (Å²) < 4.78 is 18.5. The monoisotopic (exact) mass is 775 g/mol. The number of nitrogens with one attached hydrogen (secondary N) is 1. The Hall–Kier alpha value is -0.830. The van der Waals surface area contributed by atoms with E-state index in [1.54, 1.807) is 0 Å². The SMILES string of the molecule is CC1(C)C(C=O)CC1C(=O)OC1CCC2(C)C(CCC3(C)C4CCC5(NCC(C)(C)N6CCS(=O)CC6)CCCC5C4CCC32)C1(C)C.CCCC.CO. The Morgan fingerprint density at radius 3 is 2.09 bits per heavy atom. The number of carbonyl (C=O) groups is 2. The highest BCUT2D eigenvalue weighted by atomic mass is 32.2. The van der Waals surface area contributed by atoms with E-state index in [2.05, 4.69) is 79.5 Å². The lowest BCUT2D eigenvalue weighted by Crippen LogP contribution is -2.66. The number of rotatable bonds is 8. The van der Waals surface area contributed by atoms with Crippen molar-refractivity contribution in [2.45, 2.75) is 176 Å². The summed E-state index contributed by atoms with van der Waals surface area (Å²) in [5.74, 6) is 5.15. The third-order valence-electron chi connectivity index (χ3n) is 17.9. The van der Waals surface area contributed by atoms with Gasteiger partial charge in [-0.3, -0.25) is 13.9 Å². The fraction of sp³-hybridized carbons (Fsp3) is 0.957. The van der Waals surface area contributed by atoms with E-state index in [4.69, 9.17) is 9.84 Å². The first-order valence-corrected chi connectivity index (χ1v) is 23.9. The molecular formula is C46H82N2O5S. The molecule has 54 heavy (non-hydrogen) atoms. The van der Waals surface area contributed by atoms with Crippen LogP contribution in [0.3, 0.4) is 0 Å². The van der Waals surface area contributed by atoms with Crippen molar-refractivity contribution in [1.82, 2.24) is 10.2 Å². The second-order valence-corrected chi connectivity index (χ2v) is 23.0. The molecule has 11 atom stereocenters. The third kappa shape index (κ3) is 7.72. The van der Waals surface area contributed by atoms with Crippen molar-refractivity contribution >= 4 is 23.1 Å². The minimum absolute atomic E-state index is 0.0331. The Labute approximate surface area is 333 Å². The topological polar surface area (TPSA) is 95.9 Å². The predicted molar refractivity (Wildman–Crippen MR) is 223 cm³/mol. The quantitative estimate of drug-likeness (QED) is 0.188. The van der Waals surface area contributed by atoms with Crippen molar-refractivity contribution in [3.63, 3.8) is 0 Å². The summed E-state index contributed by atoms with van der Waals surface area (Å²) in [5, 5.41) is 11.3. The summed E-state index contributed by atoms with van der Waals surface area (Å²) in [7, 11) is 0.368. The van der Waals surface area contributed by atoms with Crippen LogP contribution >= 0.6 is 0 Å². The van der Waals surface area contributed by atoms with Crippen LogP contribution in [0.25, 0.3) is 0 Å². The first-order chi connectivity index (χ1) is 25.4. The average Bonchev–Trinajstić information content (AvgIpc) is 3.58. The van der Waals surface area contributed by atoms with Gasteiger partial charge >= 0.3 is 5.97 Å². The second-order valence-electron chi connectivity index (χ2n) is 21.3. The zero-order valence-corrected chi connectivity index (χ0v) is 37.4. The molecule has 0 aromatic rings. The number of aliphatic hydroxyl groups excluding tert-OH is 1. The zero-order valence-electron chi connectivity index (χ0n) is 36.6. The molecule has 0 bridgehead atoms. The number of ether oxygens (including phenoxy) is 1. The van der Waals surface area contributed by atoms with Gasteiger partial charge in [0.15, 0.2) is 0 Å². The van der Waals surface area contributed by atoms with Crippen LogP contribution in [0.15, 0.2) is 0 Å². The number of carbonyl (C=O) groups excluding carboxylic acids is 2. The molecule has 0 spiro atoms. The first kappa shape index (κ1) is 44.3. The lowest BCUT2D eigenvalue weighted by molar-refractivity contribution is -0.224. The van der Waals surface area contributed by atoms with Gasteiger partial charge in [0.2, 0.25) is 0 Å². The van der Waals surface area contributed by atoms with E-state index in [1.807, 2.05) is 0 Å². The van der Waals surface area contributed by atoms with Gasteiger partial charge in [-0.15, -0.1) is 0 Å². The molecular weight excluding hydrogens is 693 g/mol. The zero-order chi connectivity index (χ0) is 39.9. The number of esters is 1. The highest BCUT2D eigenvalue weighted by Crippen LogP contribution is 2.72. The maximum Gasteiger partial charge on any atom is 0.309 e. The van der Waals surface area contributed by atoms with Crippen LogP contribution in [0.4, 0.5) is 0 Å². The van der Waals surface area contributed by atoms with Crippen LogP contribution in [0.5, 0.6) is 0 Å². The van der Waals surface area contributed by atoms with Gasteiger partial charge in [0, 0.05) is 71.5 Å². The van der Waals surface area contributed by atoms with Crippen LogP contribution < -0.4 is 5.32 Å². The van der Waals surface area contributed by atoms with E-state index >= 15 is 0 Å². The molecule has 0 amide bonds. The molecule has 7 nitrogen and oxygen atoms in total. The van der Waals surface area contributed by atoms with Crippen molar-refractivity contribution < 1.29 is 23.6 Å². The molecule has 1 saturated heterocycles. The van der Waals surface area contributed by atoms with Crippen LogP contribution in [0, 0.1) is 63.1 Å². The molecule has 7 rings (SSSR count). The molecule has 0 aromatic heterocycles. The van der Waals surface area contributed by atoms with E-state index in [0.717, 1.165) is 81.0 Å². The van der Waals surface area contributed by atoms with Gasteiger partial charge in [0.1, 0.15) is 12.4 Å². The van der Waals surface area contributed by atoms with Crippen molar-refractivity contribution in [3.8, 4) is 0 Å². The third-order valence-corrected chi connectivity index (χ3v) is 19.2. The number of hydrogen-bond donors (Lipinski definition) is 2. The molecule has 11 unspecified atom stereocenters. The fourth-order valence-corrected chi connectivity index (χ4v) is 15.3. The minimum Gasteiger partial charge on any atom is -0.462 e. The van der Waals surface area contributed by atoms with Gasteiger partial charge in [-0.25, -0.2) is 0 Å². The summed E-state index contributed by atoms with van der Waals surface area (Å²) >= 11 is 0. The Balaban J connectivity index is 0.000000878. The van der Waals surface area contributed by atoms with Crippen molar-refractivity contribution in [3.05, 3.63) is 0 Å². The summed E-state index contributed by atoms with van der Waals surface area (Å²) in [6.07, 6.45) is 18.5. The van der Waals surface area contributed by atoms with Crippen molar-refractivity contribution in [1.29, 1.82) is 0 Å². The van der Waals surface area contributed by atoms with Gasteiger partial charge < -0.3 is 20.0 Å². The standard InChI is InChI=1S/C41H68N2O4S.C4H10.CH4O/c1-36(2,43-20-22-48(46)23-21-43)26-42-41-16-9-10-30(41)28-11-12-33-39(7,29(28)13-19-41)17-14-32-38(5,6)34(15-18-40(32,33)8)47-35(45)31-24-27(25-44)37(31,3)4;1-3-4-2;1-2/h25,27-34,42H,9-24,26H2,1-8H3;3-4H2,1-2H3;2H,1H3. The van der Waals surface area contributed by atoms with E-state index in [0.29, 0.717) is 23.3 Å². The number of unbranched alkanes of at least 4 members (excludes halogenated alkanes) is 1. The van der Waals surface area contributed by atoms with Crippen LogP contribution in [0.1, 0.15) is 159 Å². The number of aldehydes is 1. The molecule has 7 fully saturated rings. The summed E-state index contributed by atoms with van der Waals surface area (Å²) in [4.78, 5) is 27.6. The summed E-state index contributed by atoms with van der Waals surface area (Å²) in [5.41, 5.74) is 0.721. The minimum atomic E-state index is -0.632. The summed E-state index contributed by atoms with van der Waals surface area (Å²) in [6.45, 7) is 26.4. The molecule has 6 aliphatic carbocycles. The van der Waals surface area contributed by atoms with Crippen LogP contribution in [-0.2, 0) is 25.1 Å². The molecule has 1 heterocycles. The molecule has 0 radical (unpaired) electrons. The predicted octanol–water partition coefficient (Wildman–Crippen LogP) is 8.82. The summed E-state index contributed by atoms with van der Waals surface area (Å²) in [6, 6.07) is 0. The Morgan fingerprint density at radius 1 is 0.833 bits per heavy atom. The average molecular weight is 775 g/mol. The highest BCUT2D eigenvalue weighted by Gasteiger charge is 2.67. The van der Waals surface area contributed by atoms with Crippen molar-refractivity contribution in [2.24, 2.45) is 63.1 Å². The fourth-order valence-electron chi connectivity index (χ4n) is 14.3. The van der Waals surface area contributed by atoms with Crippen LogP contribution in [-0.4, -0.2) is 81.9 Å². The van der Waals surface area contributed by atoms with Gasteiger partial charge in [0.05, 0.1) is 5.92 Å². The Bertz CT molecular complexity index is 1320. The maximum atomic E-state index is 13.5. The lowest BCUT2D eigenvalue weighted by Gasteiger charge is -2.69. The van der Waals surface area contributed by atoms with Gasteiger partial charge in [-0.1, -0.05) is 74.7 Å². The van der Waals surface area contributed by atoms with E-state index < -0.39 is 10.8 Å². The number of fused-ring (bicyclic) bond motifs is 7. The number of nitrogens with zero attached hydrogens (tertiary/aromatic N) is 1. The van der Waals surface area contributed by atoms with Gasteiger partial charge in [-0.05, 0) is 130 Å². The lowest BCUT2D eigenvalue weighted by atomic mass is 9.36. The maximum absolute atomic E-state index is 13.5. The Morgan fingerprint density at radius 2 is 1.48 bits per heavy atom. The normalized spacial score (nSPS) is 42.5. The van der Waals surface area contributed by atoms with Crippen molar-refractivity contribution in [2.75, 3.05) is 38.2 Å². The first-order valence-electron chi connectivity index (χ1n) is 22.4. The van der Waals surface area contributed by atoms with Crippen LogP contribution in [0.2, 0.25) is 0 Å². The molecule has 0 aromatic carbocycles. The molecule has 1 aliphatic heterocycles. The van der Waals surface area contributed by atoms with Gasteiger partial charge in [-0.2, -0.15) is 0 Å².